The zero-order chi connectivity index (χ0) is 16.5. The molecule has 1 atom stereocenters. The third kappa shape index (κ3) is 2.63. The average molecular weight is 322 g/mol. The molecular formula is C18H22N6. The Balaban J connectivity index is 1.81. The van der Waals surface area contributed by atoms with Crippen LogP contribution in [0.25, 0.3) is 22.2 Å². The summed E-state index contributed by atoms with van der Waals surface area (Å²) in [6, 6.07) is 2.65. The van der Waals surface area contributed by atoms with Gasteiger partial charge in [0.2, 0.25) is 0 Å². The van der Waals surface area contributed by atoms with Crippen molar-refractivity contribution in [3.8, 4) is 11.1 Å². The van der Waals surface area contributed by atoms with Gasteiger partial charge in [0.05, 0.1) is 5.39 Å². The summed E-state index contributed by atoms with van der Waals surface area (Å²) in [5.41, 5.74) is 4.27. The smallest absolute Gasteiger partial charge is 0.139 e. The second-order valence-electron chi connectivity index (χ2n) is 6.35. The molecule has 24 heavy (non-hydrogen) atoms. The molecule has 1 fully saturated rings. The zero-order valence-electron chi connectivity index (χ0n) is 14.1. The standard InChI is InChI=1S/C18H22N6/c1-12-21-8-13(9-22-12)15-10-23-18-17(15)16(5-6-20-18)24-7-3-4-14(11-24)19-2/h5-6,8-10,14,19H,3-4,7,11H2,1-2H3,(H,20,23)/t14-/m0/s1. The molecule has 4 rings (SSSR count). The van der Waals surface area contributed by atoms with Gasteiger partial charge in [0, 0.05) is 60.7 Å². The first-order chi connectivity index (χ1) is 11.8. The monoisotopic (exact) mass is 322 g/mol. The maximum Gasteiger partial charge on any atom is 0.139 e. The third-order valence-corrected chi connectivity index (χ3v) is 4.81. The van der Waals surface area contributed by atoms with Gasteiger partial charge in [-0.05, 0) is 32.9 Å². The molecule has 6 heteroatoms. The number of fused-ring (bicyclic) bond motifs is 1. The molecule has 1 aliphatic rings. The molecule has 3 aromatic rings. The number of rotatable bonds is 3. The molecule has 0 amide bonds. The van der Waals surface area contributed by atoms with Crippen LogP contribution in [0.15, 0.2) is 30.9 Å². The minimum Gasteiger partial charge on any atom is -0.369 e. The molecule has 0 bridgehead atoms. The van der Waals surface area contributed by atoms with Gasteiger partial charge in [-0.15, -0.1) is 0 Å². The van der Waals surface area contributed by atoms with E-state index in [4.69, 9.17) is 0 Å². The molecule has 0 radical (unpaired) electrons. The lowest BCUT2D eigenvalue weighted by molar-refractivity contribution is 0.450. The highest BCUT2D eigenvalue weighted by atomic mass is 15.2. The van der Waals surface area contributed by atoms with E-state index in [0.29, 0.717) is 6.04 Å². The fourth-order valence-electron chi connectivity index (χ4n) is 3.49. The molecule has 1 aliphatic heterocycles. The van der Waals surface area contributed by atoms with Crippen LogP contribution < -0.4 is 10.2 Å². The Bertz CT molecular complexity index is 838. The predicted molar refractivity (Wildman–Crippen MR) is 96.2 cm³/mol. The second kappa shape index (κ2) is 6.20. The molecule has 0 aliphatic carbocycles. The van der Waals surface area contributed by atoms with Crippen LogP contribution in [0.2, 0.25) is 0 Å². The summed E-state index contributed by atoms with van der Waals surface area (Å²) in [5, 5.41) is 4.57. The van der Waals surface area contributed by atoms with Crippen molar-refractivity contribution < 1.29 is 0 Å². The van der Waals surface area contributed by atoms with Gasteiger partial charge < -0.3 is 15.2 Å². The fourth-order valence-corrected chi connectivity index (χ4v) is 3.49. The van der Waals surface area contributed by atoms with Crippen molar-refractivity contribution >= 4 is 16.7 Å². The Morgan fingerprint density at radius 3 is 2.88 bits per heavy atom. The summed E-state index contributed by atoms with van der Waals surface area (Å²) in [5.74, 6) is 0.782. The van der Waals surface area contributed by atoms with Crippen LogP contribution in [-0.4, -0.2) is 46.1 Å². The molecule has 0 spiro atoms. The summed E-state index contributed by atoms with van der Waals surface area (Å²) < 4.78 is 0. The Labute approximate surface area is 141 Å². The minimum atomic E-state index is 0.534. The van der Waals surface area contributed by atoms with Gasteiger partial charge in [-0.3, -0.25) is 0 Å². The molecule has 1 saturated heterocycles. The molecule has 3 aromatic heterocycles. The van der Waals surface area contributed by atoms with Crippen molar-refractivity contribution in [2.45, 2.75) is 25.8 Å². The zero-order valence-corrected chi connectivity index (χ0v) is 14.1. The molecule has 0 saturated carbocycles. The summed E-state index contributed by atoms with van der Waals surface area (Å²) in [7, 11) is 2.04. The summed E-state index contributed by atoms with van der Waals surface area (Å²) >= 11 is 0. The number of aryl methyl sites for hydroxylation is 1. The fraction of sp³-hybridized carbons (Fsp3) is 0.389. The molecular weight excluding hydrogens is 300 g/mol. The molecule has 4 heterocycles. The number of nitrogens with one attached hydrogen (secondary N) is 2. The van der Waals surface area contributed by atoms with Crippen molar-refractivity contribution in [1.82, 2.24) is 25.3 Å². The van der Waals surface area contributed by atoms with Crippen LogP contribution in [0.4, 0.5) is 5.69 Å². The first-order valence-corrected chi connectivity index (χ1v) is 8.43. The van der Waals surface area contributed by atoms with E-state index in [2.05, 4.69) is 36.2 Å². The van der Waals surface area contributed by atoms with Gasteiger partial charge in [0.15, 0.2) is 0 Å². The number of aromatic amines is 1. The van der Waals surface area contributed by atoms with Crippen LogP contribution in [0.5, 0.6) is 0 Å². The molecule has 0 aromatic carbocycles. The number of H-pyrrole nitrogens is 1. The Hall–Kier alpha value is -2.47. The largest absolute Gasteiger partial charge is 0.369 e. The summed E-state index contributed by atoms with van der Waals surface area (Å²) in [4.78, 5) is 18.9. The lowest BCUT2D eigenvalue weighted by atomic mass is 10.0. The van der Waals surface area contributed by atoms with Crippen LogP contribution in [0, 0.1) is 6.92 Å². The number of hydrogen-bond donors (Lipinski definition) is 2. The lowest BCUT2D eigenvalue weighted by Crippen LogP contribution is -2.44. The van der Waals surface area contributed by atoms with Crippen molar-refractivity contribution in [1.29, 1.82) is 0 Å². The van der Waals surface area contributed by atoms with Gasteiger partial charge in [0.25, 0.3) is 0 Å². The third-order valence-electron chi connectivity index (χ3n) is 4.81. The number of anilines is 1. The number of piperidine rings is 1. The van der Waals surface area contributed by atoms with Crippen LogP contribution >= 0.6 is 0 Å². The Kier molecular flexibility index (Phi) is 3.90. The molecule has 2 N–H and O–H groups in total. The van der Waals surface area contributed by atoms with Gasteiger partial charge in [-0.2, -0.15) is 0 Å². The van der Waals surface area contributed by atoms with E-state index >= 15 is 0 Å². The summed E-state index contributed by atoms with van der Waals surface area (Å²) in [6.45, 7) is 3.99. The number of aromatic nitrogens is 4. The first kappa shape index (κ1) is 15.1. The Morgan fingerprint density at radius 1 is 1.25 bits per heavy atom. The lowest BCUT2D eigenvalue weighted by Gasteiger charge is -2.34. The quantitative estimate of drug-likeness (QED) is 0.775. The van der Waals surface area contributed by atoms with E-state index < -0.39 is 0 Å². The van der Waals surface area contributed by atoms with Crippen molar-refractivity contribution in [3.05, 3.63) is 36.7 Å². The van der Waals surface area contributed by atoms with E-state index in [-0.39, 0.29) is 0 Å². The minimum absolute atomic E-state index is 0.534. The van der Waals surface area contributed by atoms with E-state index in [1.54, 1.807) is 0 Å². The van der Waals surface area contributed by atoms with E-state index in [1.807, 2.05) is 38.8 Å². The van der Waals surface area contributed by atoms with Crippen LogP contribution in [-0.2, 0) is 0 Å². The average Bonchev–Trinajstić information content (AvgIpc) is 3.06. The van der Waals surface area contributed by atoms with Crippen molar-refractivity contribution in [3.63, 3.8) is 0 Å². The van der Waals surface area contributed by atoms with Crippen molar-refractivity contribution in [2.75, 3.05) is 25.0 Å². The topological polar surface area (TPSA) is 69.7 Å². The number of nitrogens with zero attached hydrogens (tertiary/aromatic N) is 4. The normalized spacial score (nSPS) is 18.2. The highest BCUT2D eigenvalue weighted by molar-refractivity contribution is 6.02. The molecule has 0 unspecified atom stereocenters. The Morgan fingerprint density at radius 2 is 2.08 bits per heavy atom. The molecule has 6 nitrogen and oxygen atoms in total. The number of likely N-dealkylation sites (N-methyl/N-ethyl adjacent to an activating group) is 1. The first-order valence-electron chi connectivity index (χ1n) is 8.43. The van der Waals surface area contributed by atoms with Gasteiger partial charge in [-0.25, -0.2) is 15.0 Å². The van der Waals surface area contributed by atoms with Gasteiger partial charge in [0.1, 0.15) is 11.5 Å². The predicted octanol–water partition coefficient (Wildman–Crippen LogP) is 2.52. The van der Waals surface area contributed by atoms with Crippen LogP contribution in [0.3, 0.4) is 0 Å². The maximum atomic E-state index is 4.50. The second-order valence-corrected chi connectivity index (χ2v) is 6.35. The van der Waals surface area contributed by atoms with E-state index in [0.717, 1.165) is 41.1 Å². The van der Waals surface area contributed by atoms with Gasteiger partial charge >= 0.3 is 0 Å². The molecule has 124 valence electrons. The van der Waals surface area contributed by atoms with Crippen molar-refractivity contribution in [2.24, 2.45) is 0 Å². The van der Waals surface area contributed by atoms with Gasteiger partial charge in [-0.1, -0.05) is 0 Å². The SMILES string of the molecule is CN[C@H]1CCCN(c2ccnc3[nH]cc(-c4cnc(C)nc4)c23)C1. The van der Waals surface area contributed by atoms with E-state index in [9.17, 15) is 0 Å². The van der Waals surface area contributed by atoms with E-state index in [1.165, 1.54) is 18.5 Å². The van der Waals surface area contributed by atoms with Crippen LogP contribution in [0.1, 0.15) is 18.7 Å². The highest BCUT2D eigenvalue weighted by Crippen LogP contribution is 2.35. The number of pyridine rings is 1. The summed E-state index contributed by atoms with van der Waals surface area (Å²) in [6.07, 6.45) is 10.1. The maximum absolute atomic E-state index is 4.50. The number of hydrogen-bond acceptors (Lipinski definition) is 5. The highest BCUT2D eigenvalue weighted by Gasteiger charge is 2.22.